The van der Waals surface area contributed by atoms with Crippen LogP contribution in [-0.4, -0.2) is 17.5 Å². The Hall–Kier alpha value is -0.900. The van der Waals surface area contributed by atoms with Gasteiger partial charge in [0.25, 0.3) is 0 Å². The zero-order chi connectivity index (χ0) is 8.97. The molecule has 1 aliphatic carbocycles. The van der Waals surface area contributed by atoms with E-state index in [1.54, 1.807) is 0 Å². The fraction of sp³-hybridized carbons (Fsp3) is 0.250. The summed E-state index contributed by atoms with van der Waals surface area (Å²) in [5, 5.41) is 0. The van der Waals surface area contributed by atoms with Crippen molar-refractivity contribution in [3.63, 3.8) is 0 Å². The summed E-state index contributed by atoms with van der Waals surface area (Å²) < 4.78 is 0. The number of alkyl halides is 1. The quantitative estimate of drug-likeness (QED) is 0.413. The average molecular weight is 228 g/mol. The number of nitrogens with zero attached hydrogens (tertiary/aromatic N) is 2. The molecule has 0 spiro atoms. The van der Waals surface area contributed by atoms with Crippen molar-refractivity contribution in [3.05, 3.63) is 23.9 Å². The molecule has 0 aliphatic heterocycles. The van der Waals surface area contributed by atoms with Gasteiger partial charge in [-0.2, -0.15) is 0 Å². The molecule has 0 heterocycles. The number of allylic oxidation sites excluding steroid dienone is 3. The van der Waals surface area contributed by atoms with Crippen molar-refractivity contribution >= 4 is 28.6 Å². The predicted molar refractivity (Wildman–Crippen MR) is 55.7 cm³/mol. The van der Waals surface area contributed by atoms with Gasteiger partial charge in [-0.1, -0.05) is 28.1 Å². The Morgan fingerprint density at radius 1 is 1.75 bits per heavy atom. The number of hydrogen-bond acceptors (Lipinski definition) is 1. The summed E-state index contributed by atoms with van der Waals surface area (Å²) in [7, 11) is 0. The van der Waals surface area contributed by atoms with Crippen molar-refractivity contribution in [2.75, 3.05) is 0 Å². The Labute approximate surface area is 79.9 Å². The summed E-state index contributed by atoms with van der Waals surface area (Å²) in [5.74, 6) is 0.207. The summed E-state index contributed by atoms with van der Waals surface area (Å²) >= 11 is 3.45. The third kappa shape index (κ3) is 2.62. The molecular weight excluding hydrogens is 218 g/mol. The maximum absolute atomic E-state index is 5.37. The first-order valence-electron chi connectivity index (χ1n) is 3.55. The second kappa shape index (κ2) is 4.21. The van der Waals surface area contributed by atoms with Crippen LogP contribution in [0, 0.1) is 0 Å². The molecule has 0 fully saturated rings. The van der Waals surface area contributed by atoms with E-state index in [-0.39, 0.29) is 5.96 Å². The molecule has 1 unspecified atom stereocenters. The monoisotopic (exact) mass is 227 g/mol. The molecule has 0 radical (unpaired) electrons. The van der Waals surface area contributed by atoms with Gasteiger partial charge in [0.1, 0.15) is 0 Å². The highest BCUT2D eigenvalue weighted by molar-refractivity contribution is 9.09. The standard InChI is InChI=1S/C8H10BrN3/c1-11-8(10)12-7-4-2-6(9)3-5-7/h2,4-6H,1,3H2,(H2,10,12). The SMILES string of the molecule is C=NC(N)=NC1=CCC(Br)C=C1. The van der Waals surface area contributed by atoms with Crippen molar-refractivity contribution < 1.29 is 0 Å². The number of nitrogens with two attached hydrogens (primary N) is 1. The molecule has 1 atom stereocenters. The van der Waals surface area contributed by atoms with E-state index < -0.39 is 0 Å². The molecule has 4 heteroatoms. The Bertz CT molecular complexity index is 265. The van der Waals surface area contributed by atoms with Crippen molar-refractivity contribution in [1.82, 2.24) is 0 Å². The van der Waals surface area contributed by atoms with Gasteiger partial charge in [0.05, 0.1) is 5.70 Å². The molecule has 0 saturated heterocycles. The van der Waals surface area contributed by atoms with Crippen LogP contribution in [0.1, 0.15) is 6.42 Å². The van der Waals surface area contributed by atoms with Crippen molar-refractivity contribution in [2.24, 2.45) is 15.7 Å². The zero-order valence-electron chi connectivity index (χ0n) is 6.57. The highest BCUT2D eigenvalue weighted by Gasteiger charge is 2.03. The maximum atomic E-state index is 5.37. The van der Waals surface area contributed by atoms with Crippen LogP contribution >= 0.6 is 15.9 Å². The highest BCUT2D eigenvalue weighted by atomic mass is 79.9. The Morgan fingerprint density at radius 2 is 2.50 bits per heavy atom. The van der Waals surface area contributed by atoms with Gasteiger partial charge in [0.15, 0.2) is 0 Å². The topological polar surface area (TPSA) is 50.7 Å². The van der Waals surface area contributed by atoms with E-state index in [1.165, 1.54) is 0 Å². The zero-order valence-corrected chi connectivity index (χ0v) is 8.16. The first-order valence-corrected chi connectivity index (χ1v) is 4.47. The van der Waals surface area contributed by atoms with Crippen LogP contribution < -0.4 is 5.73 Å². The Morgan fingerprint density at radius 3 is 3.00 bits per heavy atom. The van der Waals surface area contributed by atoms with E-state index in [2.05, 4.69) is 32.6 Å². The van der Waals surface area contributed by atoms with Gasteiger partial charge >= 0.3 is 0 Å². The molecule has 12 heavy (non-hydrogen) atoms. The van der Waals surface area contributed by atoms with Gasteiger partial charge in [-0.25, -0.2) is 9.98 Å². The van der Waals surface area contributed by atoms with Gasteiger partial charge < -0.3 is 5.73 Å². The molecule has 2 N–H and O–H groups in total. The summed E-state index contributed by atoms with van der Waals surface area (Å²) in [6.07, 6.45) is 6.85. The molecule has 1 rings (SSSR count). The number of hydrogen-bond donors (Lipinski definition) is 1. The van der Waals surface area contributed by atoms with Gasteiger partial charge in [-0.3, -0.25) is 0 Å². The molecule has 1 aliphatic rings. The van der Waals surface area contributed by atoms with E-state index in [1.807, 2.05) is 18.2 Å². The van der Waals surface area contributed by atoms with Crippen LogP contribution in [0.4, 0.5) is 0 Å². The second-order valence-corrected chi connectivity index (χ2v) is 3.54. The average Bonchev–Trinajstić information content (AvgIpc) is 2.09. The first-order chi connectivity index (χ1) is 5.72. The summed E-state index contributed by atoms with van der Waals surface area (Å²) in [6.45, 7) is 3.27. The number of halogens is 1. The Balaban J connectivity index is 2.67. The third-order valence-electron chi connectivity index (χ3n) is 1.43. The summed E-state index contributed by atoms with van der Waals surface area (Å²) in [6, 6.07) is 0. The highest BCUT2D eigenvalue weighted by Crippen LogP contribution is 2.17. The van der Waals surface area contributed by atoms with Crippen LogP contribution in [0.2, 0.25) is 0 Å². The normalized spacial score (nSPS) is 23.6. The maximum Gasteiger partial charge on any atom is 0.219 e. The minimum Gasteiger partial charge on any atom is -0.368 e. The first kappa shape index (κ1) is 9.19. The van der Waals surface area contributed by atoms with Crippen LogP contribution in [0.3, 0.4) is 0 Å². The van der Waals surface area contributed by atoms with E-state index in [0.717, 1.165) is 12.1 Å². The van der Waals surface area contributed by atoms with Gasteiger partial charge in [0.2, 0.25) is 5.96 Å². The van der Waals surface area contributed by atoms with Gasteiger partial charge in [-0.15, -0.1) is 0 Å². The van der Waals surface area contributed by atoms with Crippen molar-refractivity contribution in [3.8, 4) is 0 Å². The lowest BCUT2D eigenvalue weighted by atomic mass is 10.1. The van der Waals surface area contributed by atoms with Crippen LogP contribution in [0.15, 0.2) is 33.9 Å². The van der Waals surface area contributed by atoms with Gasteiger partial charge in [-0.05, 0) is 19.2 Å². The van der Waals surface area contributed by atoms with Crippen LogP contribution in [0.5, 0.6) is 0 Å². The van der Waals surface area contributed by atoms with E-state index >= 15 is 0 Å². The molecule has 0 amide bonds. The van der Waals surface area contributed by atoms with E-state index in [0.29, 0.717) is 4.83 Å². The molecule has 0 aromatic carbocycles. The van der Waals surface area contributed by atoms with Crippen LogP contribution in [0.25, 0.3) is 0 Å². The summed E-state index contributed by atoms with van der Waals surface area (Å²) in [4.78, 5) is 7.91. The lowest BCUT2D eigenvalue weighted by Crippen LogP contribution is -2.08. The van der Waals surface area contributed by atoms with Crippen LogP contribution in [-0.2, 0) is 0 Å². The van der Waals surface area contributed by atoms with Crippen molar-refractivity contribution in [1.29, 1.82) is 0 Å². The predicted octanol–water partition coefficient (Wildman–Crippen LogP) is 1.61. The second-order valence-electron chi connectivity index (χ2n) is 2.37. The lowest BCUT2D eigenvalue weighted by molar-refractivity contribution is 1.04. The van der Waals surface area contributed by atoms with Gasteiger partial charge in [0, 0.05) is 4.83 Å². The number of aliphatic imine (C=N–C) groups is 2. The van der Waals surface area contributed by atoms with Crippen molar-refractivity contribution in [2.45, 2.75) is 11.2 Å². The summed E-state index contributed by atoms with van der Waals surface area (Å²) in [5.41, 5.74) is 6.22. The number of rotatable bonds is 1. The fourth-order valence-electron chi connectivity index (χ4n) is 0.833. The van der Waals surface area contributed by atoms with E-state index in [4.69, 9.17) is 5.73 Å². The smallest absolute Gasteiger partial charge is 0.219 e. The molecule has 3 nitrogen and oxygen atoms in total. The Kier molecular flexibility index (Phi) is 3.22. The minimum atomic E-state index is 0.207. The lowest BCUT2D eigenvalue weighted by Gasteiger charge is -2.06. The molecule has 0 bridgehead atoms. The third-order valence-corrected chi connectivity index (χ3v) is 2.11. The van der Waals surface area contributed by atoms with E-state index in [9.17, 15) is 0 Å². The molecule has 0 aromatic heterocycles. The fourth-order valence-corrected chi connectivity index (χ4v) is 1.17. The number of guanidine groups is 1. The molecule has 64 valence electrons. The minimum absolute atomic E-state index is 0.207. The molecular formula is C8H10BrN3. The largest absolute Gasteiger partial charge is 0.368 e. The molecule has 0 aromatic rings. The molecule has 0 saturated carbocycles.